The monoisotopic (exact) mass is 438 g/mol. The normalized spacial score (nSPS) is 10.8. The van der Waals surface area contributed by atoms with Crippen molar-refractivity contribution >= 4 is 17.3 Å². The predicted octanol–water partition coefficient (Wildman–Crippen LogP) is 3.94. The van der Waals surface area contributed by atoms with Crippen LogP contribution >= 0.6 is 11.3 Å². The van der Waals surface area contributed by atoms with Gasteiger partial charge in [0.2, 0.25) is 11.8 Å². The Bertz CT molecular complexity index is 1130. The maximum absolute atomic E-state index is 5.29. The number of nitrogens with one attached hydrogen (secondary N) is 1. The minimum absolute atomic E-state index is 0.216. The molecule has 31 heavy (non-hydrogen) atoms. The number of hydrogen-bond acceptors (Lipinski definition) is 10. The average molecular weight is 439 g/mol. The number of nitrogens with zero attached hydrogens (tertiary/aromatic N) is 5. The van der Waals surface area contributed by atoms with Crippen molar-refractivity contribution < 1.29 is 14.0 Å². The van der Waals surface area contributed by atoms with Gasteiger partial charge in [-0.15, -0.1) is 11.3 Å². The van der Waals surface area contributed by atoms with E-state index in [2.05, 4.69) is 25.4 Å². The van der Waals surface area contributed by atoms with Gasteiger partial charge in [0.1, 0.15) is 5.76 Å². The Labute approximate surface area is 183 Å². The zero-order valence-corrected chi connectivity index (χ0v) is 18.5. The zero-order valence-electron chi connectivity index (χ0n) is 17.7. The number of anilines is 1. The molecule has 0 aliphatic heterocycles. The van der Waals surface area contributed by atoms with Gasteiger partial charge in [-0.25, -0.2) is 9.97 Å². The van der Waals surface area contributed by atoms with Crippen LogP contribution in [0.15, 0.2) is 34.3 Å². The highest BCUT2D eigenvalue weighted by atomic mass is 32.1. The molecule has 0 aromatic carbocycles. The molecular weight excluding hydrogens is 416 g/mol. The third-order valence-corrected chi connectivity index (χ3v) is 5.61. The molecule has 0 bridgehead atoms. The van der Waals surface area contributed by atoms with Crippen LogP contribution in [0.2, 0.25) is 0 Å². The maximum Gasteiger partial charge on any atom is 0.320 e. The fourth-order valence-corrected chi connectivity index (χ4v) is 3.88. The maximum atomic E-state index is 5.29. The van der Waals surface area contributed by atoms with Gasteiger partial charge in [0, 0.05) is 29.9 Å². The molecule has 0 radical (unpaired) electrons. The number of thiophene rings is 1. The highest BCUT2D eigenvalue weighted by molar-refractivity contribution is 7.13. The van der Waals surface area contributed by atoms with E-state index in [1.54, 1.807) is 30.7 Å². The molecule has 4 aromatic rings. The molecule has 1 N–H and O–H groups in total. The van der Waals surface area contributed by atoms with E-state index < -0.39 is 0 Å². The Balaban J connectivity index is 1.65. The van der Waals surface area contributed by atoms with E-state index in [1.165, 1.54) is 7.11 Å². The van der Waals surface area contributed by atoms with Crippen LogP contribution in [0.4, 0.5) is 5.95 Å². The Morgan fingerprint density at radius 3 is 2.68 bits per heavy atom. The van der Waals surface area contributed by atoms with Gasteiger partial charge in [0.15, 0.2) is 0 Å². The van der Waals surface area contributed by atoms with Crippen LogP contribution in [-0.4, -0.2) is 45.9 Å². The Morgan fingerprint density at radius 2 is 2.00 bits per heavy atom. The van der Waals surface area contributed by atoms with E-state index in [4.69, 9.17) is 19.0 Å². The summed E-state index contributed by atoms with van der Waals surface area (Å²) in [5, 5.41) is 9.30. The third kappa shape index (κ3) is 4.48. The van der Waals surface area contributed by atoms with Crippen LogP contribution in [0.5, 0.6) is 11.9 Å². The highest BCUT2D eigenvalue weighted by Gasteiger charge is 2.17. The SMILES string of the molecule is COc1cc(-c2cnc(NCCc3c(C)noc3C)nc2-c2cccs2)nc(OC)n1. The Kier molecular flexibility index (Phi) is 6.08. The molecule has 0 aliphatic rings. The Hall–Kier alpha value is -3.53. The van der Waals surface area contributed by atoms with E-state index >= 15 is 0 Å². The molecule has 0 saturated heterocycles. The summed E-state index contributed by atoms with van der Waals surface area (Å²) in [6, 6.07) is 5.95. The van der Waals surface area contributed by atoms with E-state index in [-0.39, 0.29) is 6.01 Å². The number of rotatable bonds is 8. The number of aromatic nitrogens is 5. The van der Waals surface area contributed by atoms with Gasteiger partial charge < -0.3 is 19.3 Å². The molecule has 4 aromatic heterocycles. The van der Waals surface area contributed by atoms with Crippen LogP contribution in [0.25, 0.3) is 21.8 Å². The van der Waals surface area contributed by atoms with Gasteiger partial charge in [0.25, 0.3) is 0 Å². The lowest BCUT2D eigenvalue weighted by atomic mass is 10.1. The minimum atomic E-state index is 0.216. The van der Waals surface area contributed by atoms with Crippen molar-refractivity contribution in [3.63, 3.8) is 0 Å². The van der Waals surface area contributed by atoms with Gasteiger partial charge in [-0.05, 0) is 31.7 Å². The number of aryl methyl sites for hydroxylation is 2. The molecule has 4 rings (SSSR count). The van der Waals surface area contributed by atoms with Crippen molar-refractivity contribution in [2.75, 3.05) is 26.1 Å². The lowest BCUT2D eigenvalue weighted by molar-refractivity contribution is 0.353. The van der Waals surface area contributed by atoms with Crippen LogP contribution in [0.3, 0.4) is 0 Å². The fraction of sp³-hybridized carbons (Fsp3) is 0.286. The Morgan fingerprint density at radius 1 is 1.13 bits per heavy atom. The fourth-order valence-electron chi connectivity index (χ4n) is 3.15. The van der Waals surface area contributed by atoms with Gasteiger partial charge in [0.05, 0.1) is 36.2 Å². The number of hydrogen-bond donors (Lipinski definition) is 1. The second-order valence-electron chi connectivity index (χ2n) is 6.69. The van der Waals surface area contributed by atoms with Crippen LogP contribution in [-0.2, 0) is 6.42 Å². The number of methoxy groups -OCH3 is 2. The number of ether oxygens (including phenoxy) is 2. The molecule has 0 unspecified atom stereocenters. The van der Waals surface area contributed by atoms with E-state index in [0.29, 0.717) is 24.1 Å². The van der Waals surface area contributed by atoms with E-state index in [0.717, 1.165) is 39.6 Å². The van der Waals surface area contributed by atoms with E-state index in [1.807, 2.05) is 31.4 Å². The highest BCUT2D eigenvalue weighted by Crippen LogP contribution is 2.34. The molecule has 10 heteroatoms. The largest absolute Gasteiger partial charge is 0.481 e. The summed E-state index contributed by atoms with van der Waals surface area (Å²) in [6.07, 6.45) is 2.52. The van der Waals surface area contributed by atoms with Gasteiger partial charge >= 0.3 is 6.01 Å². The zero-order chi connectivity index (χ0) is 21.8. The molecule has 4 heterocycles. The lowest BCUT2D eigenvalue weighted by Gasteiger charge is -2.11. The smallest absolute Gasteiger partial charge is 0.320 e. The van der Waals surface area contributed by atoms with Crippen LogP contribution in [0, 0.1) is 13.8 Å². The molecule has 0 saturated carbocycles. The predicted molar refractivity (Wildman–Crippen MR) is 118 cm³/mol. The van der Waals surface area contributed by atoms with Crippen molar-refractivity contribution in [3.8, 4) is 33.7 Å². The van der Waals surface area contributed by atoms with Gasteiger partial charge in [-0.3, -0.25) is 0 Å². The molecule has 0 spiro atoms. The molecule has 0 aliphatic carbocycles. The van der Waals surface area contributed by atoms with Crippen molar-refractivity contribution in [1.29, 1.82) is 0 Å². The summed E-state index contributed by atoms with van der Waals surface area (Å²) < 4.78 is 15.7. The standard InChI is InChI=1S/C21H22N6O3S/c1-12-14(13(2)30-27-12)7-8-22-20-23-11-15(19(26-20)17-6-5-9-31-17)16-10-18(28-3)25-21(24-16)29-4/h5-6,9-11H,7-8H2,1-4H3,(H,22,23,26). The molecule has 160 valence electrons. The first kappa shape index (κ1) is 20.7. The van der Waals surface area contributed by atoms with Crippen LogP contribution in [0.1, 0.15) is 17.0 Å². The van der Waals surface area contributed by atoms with Gasteiger partial charge in [-0.1, -0.05) is 11.2 Å². The second-order valence-corrected chi connectivity index (χ2v) is 7.64. The summed E-state index contributed by atoms with van der Waals surface area (Å²) >= 11 is 1.59. The first-order valence-corrected chi connectivity index (χ1v) is 10.5. The first-order valence-electron chi connectivity index (χ1n) is 9.63. The molecule has 0 atom stereocenters. The summed E-state index contributed by atoms with van der Waals surface area (Å²) in [4.78, 5) is 18.9. The quantitative estimate of drug-likeness (QED) is 0.437. The van der Waals surface area contributed by atoms with Crippen LogP contribution < -0.4 is 14.8 Å². The first-order chi connectivity index (χ1) is 15.1. The molecule has 9 nitrogen and oxygen atoms in total. The van der Waals surface area contributed by atoms with Crippen molar-refractivity contribution in [3.05, 3.63) is 46.8 Å². The van der Waals surface area contributed by atoms with Crippen molar-refractivity contribution in [1.82, 2.24) is 25.1 Å². The summed E-state index contributed by atoms with van der Waals surface area (Å²) in [5.74, 6) is 1.77. The topological polar surface area (TPSA) is 108 Å². The second kappa shape index (κ2) is 9.09. The average Bonchev–Trinajstić information content (AvgIpc) is 3.44. The van der Waals surface area contributed by atoms with Crippen molar-refractivity contribution in [2.24, 2.45) is 0 Å². The van der Waals surface area contributed by atoms with Gasteiger partial charge in [-0.2, -0.15) is 9.97 Å². The summed E-state index contributed by atoms with van der Waals surface area (Å²) in [6.45, 7) is 4.51. The summed E-state index contributed by atoms with van der Waals surface area (Å²) in [7, 11) is 3.06. The summed E-state index contributed by atoms with van der Waals surface area (Å²) in [5.41, 5.74) is 4.16. The van der Waals surface area contributed by atoms with Crippen molar-refractivity contribution in [2.45, 2.75) is 20.3 Å². The van der Waals surface area contributed by atoms with E-state index in [9.17, 15) is 0 Å². The molecule has 0 fully saturated rings. The molecular formula is C21H22N6O3S. The molecule has 0 amide bonds. The minimum Gasteiger partial charge on any atom is -0.481 e. The third-order valence-electron chi connectivity index (χ3n) is 4.73. The lowest BCUT2D eigenvalue weighted by Crippen LogP contribution is -2.09.